The molecule has 20 heavy (non-hydrogen) atoms. The van der Waals surface area contributed by atoms with E-state index < -0.39 is 11.7 Å². The standard InChI is InChI=1S/C17H25ClO2/c1-16(2)8-10-17(20-3,11-9-16)15(19)12-13-6-4-5-7-14(13)18/h4-7,15,19H,8-12H2,1-3H3. The number of ether oxygens (including phenoxy) is 1. The molecule has 0 spiro atoms. The smallest absolute Gasteiger partial charge is 0.0940 e. The van der Waals surface area contributed by atoms with E-state index in [0.717, 1.165) is 31.2 Å². The van der Waals surface area contributed by atoms with Gasteiger partial charge in [0.2, 0.25) is 0 Å². The van der Waals surface area contributed by atoms with E-state index in [1.165, 1.54) is 0 Å². The molecule has 0 bridgehead atoms. The van der Waals surface area contributed by atoms with Crippen molar-refractivity contribution >= 4 is 11.6 Å². The Bertz CT molecular complexity index is 446. The van der Waals surface area contributed by atoms with Crippen molar-refractivity contribution in [2.45, 2.75) is 57.7 Å². The molecule has 0 amide bonds. The van der Waals surface area contributed by atoms with Gasteiger partial charge in [0.05, 0.1) is 11.7 Å². The molecule has 0 aromatic heterocycles. The molecule has 1 aliphatic carbocycles. The van der Waals surface area contributed by atoms with Gasteiger partial charge in [-0.2, -0.15) is 0 Å². The van der Waals surface area contributed by atoms with Crippen LogP contribution in [0.2, 0.25) is 5.02 Å². The van der Waals surface area contributed by atoms with Crippen LogP contribution in [-0.4, -0.2) is 23.9 Å². The van der Waals surface area contributed by atoms with Crippen molar-refractivity contribution in [2.24, 2.45) is 5.41 Å². The van der Waals surface area contributed by atoms with Crippen LogP contribution in [-0.2, 0) is 11.2 Å². The van der Waals surface area contributed by atoms with Crippen molar-refractivity contribution < 1.29 is 9.84 Å². The minimum Gasteiger partial charge on any atom is -0.390 e. The summed E-state index contributed by atoms with van der Waals surface area (Å²) in [5, 5.41) is 11.4. The summed E-state index contributed by atoms with van der Waals surface area (Å²) in [6.45, 7) is 4.57. The molecule has 1 aliphatic rings. The van der Waals surface area contributed by atoms with Gasteiger partial charge < -0.3 is 9.84 Å². The Morgan fingerprint density at radius 2 is 1.80 bits per heavy atom. The number of benzene rings is 1. The van der Waals surface area contributed by atoms with E-state index in [0.29, 0.717) is 16.9 Å². The van der Waals surface area contributed by atoms with Crippen LogP contribution in [0.1, 0.15) is 45.1 Å². The maximum absolute atomic E-state index is 10.7. The third kappa shape index (κ3) is 3.36. The summed E-state index contributed by atoms with van der Waals surface area (Å²) in [4.78, 5) is 0. The van der Waals surface area contributed by atoms with E-state index in [1.807, 2.05) is 24.3 Å². The molecular formula is C17H25ClO2. The molecule has 0 aliphatic heterocycles. The van der Waals surface area contributed by atoms with E-state index in [2.05, 4.69) is 13.8 Å². The van der Waals surface area contributed by atoms with Gasteiger partial charge in [0.25, 0.3) is 0 Å². The molecule has 2 rings (SSSR count). The number of hydrogen-bond donors (Lipinski definition) is 1. The first-order chi connectivity index (χ1) is 9.38. The normalized spacial score (nSPS) is 22.4. The van der Waals surface area contributed by atoms with Crippen LogP contribution < -0.4 is 0 Å². The molecule has 112 valence electrons. The fourth-order valence-electron chi connectivity index (χ4n) is 3.08. The average Bonchev–Trinajstić information content (AvgIpc) is 2.42. The minimum absolute atomic E-state index is 0.353. The highest BCUT2D eigenvalue weighted by Gasteiger charge is 2.43. The van der Waals surface area contributed by atoms with Gasteiger partial charge in [0.1, 0.15) is 0 Å². The first-order valence-corrected chi connectivity index (χ1v) is 7.73. The highest BCUT2D eigenvalue weighted by molar-refractivity contribution is 6.31. The molecule has 0 heterocycles. The van der Waals surface area contributed by atoms with Crippen molar-refractivity contribution in [1.82, 2.24) is 0 Å². The summed E-state index contributed by atoms with van der Waals surface area (Å²) in [6, 6.07) is 7.71. The van der Waals surface area contributed by atoms with Crippen molar-refractivity contribution in [2.75, 3.05) is 7.11 Å². The Balaban J connectivity index is 2.10. The second kappa shape index (κ2) is 6.05. The maximum atomic E-state index is 10.7. The van der Waals surface area contributed by atoms with Crippen LogP contribution in [0.5, 0.6) is 0 Å². The highest BCUT2D eigenvalue weighted by atomic mass is 35.5. The Kier molecular flexibility index (Phi) is 4.78. The monoisotopic (exact) mass is 296 g/mol. The lowest BCUT2D eigenvalue weighted by Gasteiger charge is -2.45. The number of hydrogen-bond acceptors (Lipinski definition) is 2. The van der Waals surface area contributed by atoms with Gasteiger partial charge in [-0.15, -0.1) is 0 Å². The van der Waals surface area contributed by atoms with E-state index >= 15 is 0 Å². The van der Waals surface area contributed by atoms with Gasteiger partial charge in [-0.25, -0.2) is 0 Å². The number of methoxy groups -OCH3 is 1. The molecule has 1 atom stereocenters. The van der Waals surface area contributed by atoms with Crippen molar-refractivity contribution in [1.29, 1.82) is 0 Å². The lowest BCUT2D eigenvalue weighted by Crippen LogP contribution is -2.49. The lowest BCUT2D eigenvalue weighted by atomic mass is 9.68. The zero-order valence-corrected chi connectivity index (χ0v) is 13.4. The minimum atomic E-state index is -0.511. The molecule has 0 saturated heterocycles. The number of rotatable bonds is 4. The van der Waals surface area contributed by atoms with Crippen molar-refractivity contribution in [3.05, 3.63) is 34.9 Å². The van der Waals surface area contributed by atoms with E-state index in [-0.39, 0.29) is 0 Å². The topological polar surface area (TPSA) is 29.5 Å². The first kappa shape index (κ1) is 15.8. The fraction of sp³-hybridized carbons (Fsp3) is 0.647. The molecule has 1 aromatic carbocycles. The quantitative estimate of drug-likeness (QED) is 0.901. The number of aliphatic hydroxyl groups is 1. The van der Waals surface area contributed by atoms with Crippen LogP contribution in [0.3, 0.4) is 0 Å². The van der Waals surface area contributed by atoms with Crippen LogP contribution in [0.4, 0.5) is 0 Å². The Hall–Kier alpha value is -0.570. The molecule has 1 unspecified atom stereocenters. The Morgan fingerprint density at radius 3 is 2.35 bits per heavy atom. The van der Waals surface area contributed by atoms with Crippen molar-refractivity contribution in [3.8, 4) is 0 Å². The summed E-state index contributed by atoms with van der Waals surface area (Å²) < 4.78 is 5.75. The molecule has 1 saturated carbocycles. The second-order valence-electron chi connectivity index (χ2n) is 6.74. The van der Waals surface area contributed by atoms with Crippen LogP contribution in [0.15, 0.2) is 24.3 Å². The fourth-order valence-corrected chi connectivity index (χ4v) is 3.29. The first-order valence-electron chi connectivity index (χ1n) is 7.35. The summed E-state index contributed by atoms with van der Waals surface area (Å²) >= 11 is 6.19. The van der Waals surface area contributed by atoms with Gasteiger partial charge in [-0.3, -0.25) is 0 Å². The molecule has 2 nitrogen and oxygen atoms in total. The Labute approximate surface area is 127 Å². The molecule has 1 N–H and O–H groups in total. The lowest BCUT2D eigenvalue weighted by molar-refractivity contribution is -0.135. The highest BCUT2D eigenvalue weighted by Crippen LogP contribution is 2.44. The average molecular weight is 297 g/mol. The van der Waals surface area contributed by atoms with Gasteiger partial charge in [0.15, 0.2) is 0 Å². The predicted molar refractivity (Wildman–Crippen MR) is 83.2 cm³/mol. The van der Waals surface area contributed by atoms with E-state index in [4.69, 9.17) is 16.3 Å². The zero-order valence-electron chi connectivity index (χ0n) is 12.7. The number of halogens is 1. The molecular weight excluding hydrogens is 272 g/mol. The summed E-state index contributed by atoms with van der Waals surface area (Å²) in [6.07, 6.45) is 4.02. The maximum Gasteiger partial charge on any atom is 0.0940 e. The van der Waals surface area contributed by atoms with Crippen LogP contribution >= 0.6 is 11.6 Å². The summed E-state index contributed by atoms with van der Waals surface area (Å²) in [5.41, 5.74) is 0.920. The third-order valence-corrected chi connectivity index (χ3v) is 5.20. The molecule has 3 heteroatoms. The van der Waals surface area contributed by atoms with Crippen LogP contribution in [0.25, 0.3) is 0 Å². The van der Waals surface area contributed by atoms with Gasteiger partial charge in [0, 0.05) is 18.6 Å². The zero-order chi connectivity index (χ0) is 14.8. The van der Waals surface area contributed by atoms with Crippen LogP contribution in [0, 0.1) is 5.41 Å². The molecule has 1 fully saturated rings. The second-order valence-corrected chi connectivity index (χ2v) is 7.15. The van der Waals surface area contributed by atoms with E-state index in [9.17, 15) is 5.11 Å². The number of aliphatic hydroxyl groups excluding tert-OH is 1. The Morgan fingerprint density at radius 1 is 1.20 bits per heavy atom. The van der Waals surface area contributed by atoms with Gasteiger partial charge in [-0.05, 0) is 42.7 Å². The predicted octanol–water partition coefficient (Wildman–Crippen LogP) is 4.23. The largest absolute Gasteiger partial charge is 0.390 e. The molecule has 0 radical (unpaired) electrons. The van der Waals surface area contributed by atoms with Gasteiger partial charge >= 0.3 is 0 Å². The SMILES string of the molecule is COC1(C(O)Cc2ccccc2Cl)CCC(C)(C)CC1. The van der Waals surface area contributed by atoms with E-state index in [1.54, 1.807) is 7.11 Å². The van der Waals surface area contributed by atoms with Crippen molar-refractivity contribution in [3.63, 3.8) is 0 Å². The molecule has 1 aromatic rings. The third-order valence-electron chi connectivity index (χ3n) is 4.83. The van der Waals surface area contributed by atoms with Gasteiger partial charge in [-0.1, -0.05) is 43.6 Å². The summed E-state index contributed by atoms with van der Waals surface area (Å²) in [5.74, 6) is 0. The summed E-state index contributed by atoms with van der Waals surface area (Å²) in [7, 11) is 1.72.